The fraction of sp³-hybridized carbons (Fsp3) is 0.300. The van der Waals surface area contributed by atoms with E-state index in [-0.39, 0.29) is 18.4 Å². The van der Waals surface area contributed by atoms with E-state index in [1.807, 2.05) is 29.2 Å². The largest absolute Gasteiger partial charge is 0.343 e. The smallest absolute Gasteiger partial charge is 0.251 e. The summed E-state index contributed by atoms with van der Waals surface area (Å²) in [4.78, 5) is 28.6. The van der Waals surface area contributed by atoms with Crippen LogP contribution in [0.25, 0.3) is 0 Å². The number of rotatable bonds is 5. The molecule has 0 atom stereocenters. The monoisotopic (exact) mass is 415 g/mol. The number of piperazine rings is 1. The van der Waals surface area contributed by atoms with E-state index in [0.717, 1.165) is 24.1 Å². The van der Waals surface area contributed by atoms with Crippen LogP contribution in [0.1, 0.15) is 15.9 Å². The van der Waals surface area contributed by atoms with E-state index < -0.39 is 0 Å². The van der Waals surface area contributed by atoms with Crippen molar-refractivity contribution in [3.05, 3.63) is 70.2 Å². The van der Waals surface area contributed by atoms with Gasteiger partial charge in [-0.2, -0.15) is 0 Å². The molecule has 0 aromatic heterocycles. The van der Waals surface area contributed by atoms with Crippen LogP contribution in [0.4, 0.5) is 0 Å². The molecule has 1 aliphatic rings. The number of hydrogen-bond acceptors (Lipinski definition) is 3. The summed E-state index contributed by atoms with van der Waals surface area (Å²) in [5, 5.41) is 2.71. The molecule has 5 nitrogen and oxygen atoms in total. The Morgan fingerprint density at radius 3 is 2.38 bits per heavy atom. The Kier molecular flexibility index (Phi) is 6.41. The number of nitrogens with zero attached hydrogens (tertiary/aromatic N) is 2. The maximum atomic E-state index is 12.3. The molecule has 0 bridgehead atoms. The Balaban J connectivity index is 1.43. The van der Waals surface area contributed by atoms with Gasteiger partial charge in [-0.25, -0.2) is 0 Å². The van der Waals surface area contributed by atoms with Gasteiger partial charge in [0.15, 0.2) is 0 Å². The van der Waals surface area contributed by atoms with Crippen molar-refractivity contribution >= 4 is 27.7 Å². The Bertz CT molecular complexity index is 759. The SMILES string of the molecule is O=C(NCC(=O)N1CCN(Cc2ccccc2)CC1)c1cccc(Br)c1. The molecule has 6 heteroatoms. The molecule has 136 valence electrons. The molecule has 0 spiro atoms. The van der Waals surface area contributed by atoms with Gasteiger partial charge in [0.2, 0.25) is 5.91 Å². The van der Waals surface area contributed by atoms with E-state index in [9.17, 15) is 9.59 Å². The van der Waals surface area contributed by atoms with Gasteiger partial charge in [0.05, 0.1) is 6.54 Å². The standard InChI is InChI=1S/C20H22BrN3O2/c21-18-8-4-7-17(13-18)20(26)22-14-19(25)24-11-9-23(10-12-24)15-16-5-2-1-3-6-16/h1-8,13H,9-12,14-15H2,(H,22,26). The first-order valence-corrected chi connectivity index (χ1v) is 9.49. The maximum Gasteiger partial charge on any atom is 0.251 e. The maximum absolute atomic E-state index is 12.3. The second kappa shape index (κ2) is 8.96. The van der Waals surface area contributed by atoms with Crippen LogP contribution in [-0.4, -0.2) is 54.3 Å². The first-order chi connectivity index (χ1) is 12.6. The van der Waals surface area contributed by atoms with Crippen molar-refractivity contribution in [1.82, 2.24) is 15.1 Å². The lowest BCUT2D eigenvalue weighted by Gasteiger charge is -2.34. The van der Waals surface area contributed by atoms with Crippen LogP contribution in [-0.2, 0) is 11.3 Å². The topological polar surface area (TPSA) is 52.7 Å². The number of carbonyl (C=O) groups is 2. The van der Waals surface area contributed by atoms with Crippen molar-refractivity contribution in [2.45, 2.75) is 6.54 Å². The van der Waals surface area contributed by atoms with E-state index >= 15 is 0 Å². The molecule has 2 amide bonds. The van der Waals surface area contributed by atoms with Crippen LogP contribution in [0.2, 0.25) is 0 Å². The fourth-order valence-corrected chi connectivity index (χ4v) is 3.40. The normalized spacial score (nSPS) is 14.9. The molecule has 1 heterocycles. The van der Waals surface area contributed by atoms with E-state index in [0.29, 0.717) is 18.7 Å². The van der Waals surface area contributed by atoms with Crippen molar-refractivity contribution in [2.75, 3.05) is 32.7 Å². The highest BCUT2D eigenvalue weighted by Crippen LogP contribution is 2.12. The Morgan fingerprint density at radius 1 is 0.962 bits per heavy atom. The summed E-state index contributed by atoms with van der Waals surface area (Å²) in [7, 11) is 0. The lowest BCUT2D eigenvalue weighted by Crippen LogP contribution is -2.50. The van der Waals surface area contributed by atoms with Crippen LogP contribution >= 0.6 is 15.9 Å². The molecule has 26 heavy (non-hydrogen) atoms. The summed E-state index contributed by atoms with van der Waals surface area (Å²) in [6, 6.07) is 17.5. The molecular weight excluding hydrogens is 394 g/mol. The van der Waals surface area contributed by atoms with E-state index in [1.54, 1.807) is 18.2 Å². The third-order valence-corrected chi connectivity index (χ3v) is 4.95. The van der Waals surface area contributed by atoms with E-state index in [1.165, 1.54) is 5.56 Å². The zero-order valence-corrected chi connectivity index (χ0v) is 16.1. The minimum absolute atomic E-state index is 0.0318. The molecule has 3 rings (SSSR count). The molecule has 0 unspecified atom stereocenters. The minimum atomic E-state index is -0.234. The molecule has 0 saturated carbocycles. The summed E-state index contributed by atoms with van der Waals surface area (Å²) in [5.41, 5.74) is 1.83. The third-order valence-electron chi connectivity index (χ3n) is 4.46. The van der Waals surface area contributed by atoms with Gasteiger partial charge in [-0.05, 0) is 23.8 Å². The first kappa shape index (κ1) is 18.6. The van der Waals surface area contributed by atoms with Crippen molar-refractivity contribution in [3.63, 3.8) is 0 Å². The average molecular weight is 416 g/mol. The first-order valence-electron chi connectivity index (χ1n) is 8.69. The predicted molar refractivity (Wildman–Crippen MR) is 105 cm³/mol. The van der Waals surface area contributed by atoms with Gasteiger partial charge in [0.25, 0.3) is 5.91 Å². The van der Waals surface area contributed by atoms with Gasteiger partial charge >= 0.3 is 0 Å². The summed E-state index contributed by atoms with van der Waals surface area (Å²) < 4.78 is 0.839. The van der Waals surface area contributed by atoms with E-state index in [4.69, 9.17) is 0 Å². The predicted octanol–water partition coefficient (Wildman–Crippen LogP) is 2.52. The van der Waals surface area contributed by atoms with Crippen LogP contribution < -0.4 is 5.32 Å². The van der Waals surface area contributed by atoms with Crippen molar-refractivity contribution in [2.24, 2.45) is 0 Å². The molecule has 1 saturated heterocycles. The quantitative estimate of drug-likeness (QED) is 0.815. The molecule has 1 fully saturated rings. The van der Waals surface area contributed by atoms with Gasteiger partial charge in [-0.1, -0.05) is 52.3 Å². The summed E-state index contributed by atoms with van der Waals surface area (Å²) in [5.74, 6) is -0.268. The number of hydrogen-bond donors (Lipinski definition) is 1. The Labute approximate surface area is 162 Å². The van der Waals surface area contributed by atoms with Crippen LogP contribution in [0.5, 0.6) is 0 Å². The highest BCUT2D eigenvalue weighted by atomic mass is 79.9. The lowest BCUT2D eigenvalue weighted by atomic mass is 10.2. The number of nitrogens with one attached hydrogen (secondary N) is 1. The van der Waals surface area contributed by atoms with Gasteiger partial charge in [-0.15, -0.1) is 0 Å². The van der Waals surface area contributed by atoms with Gasteiger partial charge < -0.3 is 10.2 Å². The summed E-state index contributed by atoms with van der Waals surface area (Å²) in [6.45, 7) is 4.02. The zero-order chi connectivity index (χ0) is 18.4. The van der Waals surface area contributed by atoms with Gasteiger partial charge in [-0.3, -0.25) is 14.5 Å². The fourth-order valence-electron chi connectivity index (χ4n) is 3.00. The summed E-state index contributed by atoms with van der Waals surface area (Å²) >= 11 is 3.34. The third kappa shape index (κ3) is 5.16. The average Bonchev–Trinajstić information content (AvgIpc) is 2.67. The van der Waals surface area contributed by atoms with Crippen molar-refractivity contribution in [1.29, 1.82) is 0 Å². The summed E-state index contributed by atoms with van der Waals surface area (Å²) in [6.07, 6.45) is 0. The lowest BCUT2D eigenvalue weighted by molar-refractivity contribution is -0.131. The molecule has 2 aromatic rings. The van der Waals surface area contributed by atoms with Crippen molar-refractivity contribution in [3.8, 4) is 0 Å². The number of carbonyl (C=O) groups excluding carboxylic acids is 2. The van der Waals surface area contributed by atoms with E-state index in [2.05, 4.69) is 38.3 Å². The Hall–Kier alpha value is -2.18. The second-order valence-electron chi connectivity index (χ2n) is 6.34. The minimum Gasteiger partial charge on any atom is -0.343 e. The zero-order valence-electron chi connectivity index (χ0n) is 14.5. The highest BCUT2D eigenvalue weighted by Gasteiger charge is 2.21. The molecule has 0 radical (unpaired) electrons. The van der Waals surface area contributed by atoms with Gasteiger partial charge in [0, 0.05) is 42.8 Å². The van der Waals surface area contributed by atoms with Crippen molar-refractivity contribution < 1.29 is 9.59 Å². The molecule has 1 N–H and O–H groups in total. The molecular formula is C20H22BrN3O2. The van der Waals surface area contributed by atoms with Crippen LogP contribution in [0.3, 0.4) is 0 Å². The molecule has 1 aliphatic heterocycles. The van der Waals surface area contributed by atoms with Crippen LogP contribution in [0.15, 0.2) is 59.1 Å². The molecule has 2 aromatic carbocycles. The number of amides is 2. The second-order valence-corrected chi connectivity index (χ2v) is 7.25. The molecule has 0 aliphatic carbocycles. The highest BCUT2D eigenvalue weighted by molar-refractivity contribution is 9.10. The number of benzene rings is 2. The van der Waals surface area contributed by atoms with Crippen LogP contribution in [0, 0.1) is 0 Å². The number of halogens is 1. The van der Waals surface area contributed by atoms with Gasteiger partial charge in [0.1, 0.15) is 0 Å². The Morgan fingerprint density at radius 2 is 1.69 bits per heavy atom.